The van der Waals surface area contributed by atoms with Crippen LogP contribution in [0, 0.1) is 11.6 Å². The van der Waals surface area contributed by atoms with E-state index in [-0.39, 0.29) is 54.7 Å². The minimum absolute atomic E-state index is 0.0908. The molecule has 5 nitrogen and oxygen atoms in total. The van der Waals surface area contributed by atoms with Crippen molar-refractivity contribution in [3.05, 3.63) is 58.6 Å². The zero-order chi connectivity index (χ0) is 22.2. The Morgan fingerprint density at radius 1 is 1.26 bits per heavy atom. The Hall–Kier alpha value is -2.45. The van der Waals surface area contributed by atoms with Crippen molar-refractivity contribution in [2.24, 2.45) is 0 Å². The zero-order valence-corrected chi connectivity index (χ0v) is 17.8. The smallest absolute Gasteiger partial charge is 0.253 e. The van der Waals surface area contributed by atoms with Gasteiger partial charge in [0.05, 0.1) is 17.3 Å². The number of para-hydroxylation sites is 1. The third-order valence-electron chi connectivity index (χ3n) is 5.83. The van der Waals surface area contributed by atoms with E-state index in [1.165, 1.54) is 18.2 Å². The lowest BCUT2D eigenvalue weighted by Crippen LogP contribution is -2.53. The van der Waals surface area contributed by atoms with Crippen molar-refractivity contribution in [3.63, 3.8) is 0 Å². The van der Waals surface area contributed by atoms with Crippen LogP contribution in [0.15, 0.2) is 36.4 Å². The minimum atomic E-state index is -1.51. The molecule has 1 saturated heterocycles. The number of amides is 1. The van der Waals surface area contributed by atoms with Crippen molar-refractivity contribution in [1.29, 1.82) is 0 Å². The second kappa shape index (κ2) is 8.59. The zero-order valence-electron chi connectivity index (χ0n) is 17.0. The highest BCUT2D eigenvalue weighted by molar-refractivity contribution is 6.31. The minimum Gasteiger partial charge on any atom is -0.468 e. The van der Waals surface area contributed by atoms with Crippen LogP contribution in [0.5, 0.6) is 5.75 Å². The van der Waals surface area contributed by atoms with Gasteiger partial charge in [0.15, 0.2) is 17.8 Å². The van der Waals surface area contributed by atoms with Crippen LogP contribution in [0.1, 0.15) is 23.2 Å². The highest BCUT2D eigenvalue weighted by Crippen LogP contribution is 2.34. The first-order chi connectivity index (χ1) is 14.8. The summed E-state index contributed by atoms with van der Waals surface area (Å²) in [4.78, 5) is 15.9. The topological polar surface area (TPSA) is 44.8 Å². The van der Waals surface area contributed by atoms with E-state index in [9.17, 15) is 13.6 Å². The normalized spacial score (nSPS) is 20.1. The van der Waals surface area contributed by atoms with Gasteiger partial charge in [0, 0.05) is 38.0 Å². The molecule has 2 heterocycles. The molecule has 1 N–H and O–H groups in total. The molecular formula is C22H23ClF3N3O2. The molecule has 0 radical (unpaired) electrons. The molecule has 1 atom stereocenters. The fourth-order valence-corrected chi connectivity index (χ4v) is 4.20. The number of nitrogens with one attached hydrogen (secondary N) is 1. The third-order valence-corrected chi connectivity index (χ3v) is 6.12. The summed E-state index contributed by atoms with van der Waals surface area (Å²) in [5.41, 5.74) is -0.658. The maximum atomic E-state index is 15.5. The second-order valence-corrected chi connectivity index (χ2v) is 8.46. The number of likely N-dealkylation sites (tertiary alicyclic amines) is 1. The van der Waals surface area contributed by atoms with E-state index in [1.807, 2.05) is 0 Å². The first kappa shape index (κ1) is 21.8. The summed E-state index contributed by atoms with van der Waals surface area (Å²) in [7, 11) is 1.73. The van der Waals surface area contributed by atoms with Gasteiger partial charge in [0.2, 0.25) is 0 Å². The summed E-state index contributed by atoms with van der Waals surface area (Å²) in [5, 5.41) is 2.99. The first-order valence-electron chi connectivity index (χ1n) is 10.1. The Morgan fingerprint density at radius 3 is 2.71 bits per heavy atom. The van der Waals surface area contributed by atoms with Gasteiger partial charge < -0.3 is 15.0 Å². The van der Waals surface area contributed by atoms with E-state index >= 15 is 4.39 Å². The number of anilines is 1. The Balaban J connectivity index is 1.35. The number of carbonyl (C=O) groups is 1. The quantitative estimate of drug-likeness (QED) is 0.748. The van der Waals surface area contributed by atoms with Crippen molar-refractivity contribution in [2.75, 3.05) is 38.5 Å². The van der Waals surface area contributed by atoms with E-state index in [4.69, 9.17) is 16.3 Å². The first-order valence-corrected chi connectivity index (χ1v) is 10.5. The second-order valence-electron chi connectivity index (χ2n) is 8.06. The van der Waals surface area contributed by atoms with Gasteiger partial charge in [-0.25, -0.2) is 13.2 Å². The molecule has 1 fully saturated rings. The molecule has 0 bridgehead atoms. The SMILES string of the molecule is CN(CC1(F)CCN(C(=O)c2ccc(F)c(Cl)c2)CC1)C1CNc2cccc(F)c2O1. The number of benzene rings is 2. The fraction of sp³-hybridized carbons (Fsp3) is 0.409. The number of likely N-dealkylation sites (N-methyl/N-ethyl adjacent to an activating group) is 1. The number of halogens is 4. The van der Waals surface area contributed by atoms with Gasteiger partial charge in [0.25, 0.3) is 5.91 Å². The number of carbonyl (C=O) groups excluding carboxylic acids is 1. The monoisotopic (exact) mass is 453 g/mol. The molecular weight excluding hydrogens is 431 g/mol. The van der Waals surface area contributed by atoms with Crippen molar-refractivity contribution >= 4 is 23.2 Å². The fourth-order valence-electron chi connectivity index (χ4n) is 4.02. The van der Waals surface area contributed by atoms with Crippen LogP contribution in [-0.2, 0) is 0 Å². The van der Waals surface area contributed by atoms with Crippen LogP contribution in [0.3, 0.4) is 0 Å². The average molecular weight is 454 g/mol. The Bertz CT molecular complexity index is 982. The van der Waals surface area contributed by atoms with Crippen molar-refractivity contribution in [3.8, 4) is 5.75 Å². The number of hydrogen-bond acceptors (Lipinski definition) is 4. The summed E-state index contributed by atoms with van der Waals surface area (Å²) < 4.78 is 48.6. The number of fused-ring (bicyclic) bond motifs is 1. The molecule has 4 rings (SSSR count). The van der Waals surface area contributed by atoms with Crippen molar-refractivity contribution in [2.45, 2.75) is 24.7 Å². The Morgan fingerprint density at radius 2 is 2.00 bits per heavy atom. The van der Waals surface area contributed by atoms with Crippen LogP contribution < -0.4 is 10.1 Å². The number of ether oxygens (including phenoxy) is 1. The highest BCUT2D eigenvalue weighted by Gasteiger charge is 2.39. The molecule has 0 saturated carbocycles. The Kier molecular flexibility index (Phi) is 6.03. The van der Waals surface area contributed by atoms with Gasteiger partial charge in [-0.05, 0) is 37.4 Å². The molecule has 31 heavy (non-hydrogen) atoms. The van der Waals surface area contributed by atoms with E-state index in [0.717, 1.165) is 6.07 Å². The summed E-state index contributed by atoms with van der Waals surface area (Å²) in [6, 6.07) is 8.45. The van der Waals surface area contributed by atoms with E-state index in [2.05, 4.69) is 5.32 Å². The lowest BCUT2D eigenvalue weighted by atomic mass is 9.92. The van der Waals surface area contributed by atoms with Crippen molar-refractivity contribution in [1.82, 2.24) is 9.80 Å². The molecule has 2 aromatic rings. The highest BCUT2D eigenvalue weighted by atomic mass is 35.5. The van der Waals surface area contributed by atoms with Gasteiger partial charge in [-0.2, -0.15) is 0 Å². The summed E-state index contributed by atoms with van der Waals surface area (Å²) in [5.74, 6) is -1.23. The maximum absolute atomic E-state index is 15.5. The average Bonchev–Trinajstić information content (AvgIpc) is 2.75. The molecule has 2 aliphatic heterocycles. The van der Waals surface area contributed by atoms with E-state index in [0.29, 0.717) is 12.2 Å². The molecule has 2 aromatic carbocycles. The van der Waals surface area contributed by atoms with E-state index < -0.39 is 23.5 Å². The molecule has 166 valence electrons. The summed E-state index contributed by atoms with van der Waals surface area (Å²) in [6.07, 6.45) is -0.204. The molecule has 2 aliphatic rings. The number of piperidine rings is 1. The van der Waals surface area contributed by atoms with Crippen LogP contribution in [0.25, 0.3) is 0 Å². The predicted octanol–water partition coefficient (Wildman–Crippen LogP) is 4.32. The molecule has 0 spiro atoms. The van der Waals surface area contributed by atoms with Crippen molar-refractivity contribution < 1.29 is 22.7 Å². The summed E-state index contributed by atoms with van der Waals surface area (Å²) >= 11 is 5.76. The van der Waals surface area contributed by atoms with Crippen LogP contribution in [0.4, 0.5) is 18.9 Å². The Labute approximate surface area is 183 Å². The standard InChI is InChI=1S/C22H23ClF3N3O2/c1-28(19-12-27-18-4-2-3-17(25)20(18)31-19)13-22(26)7-9-29(10-8-22)21(30)14-5-6-16(24)15(23)11-14/h2-6,11,19,27H,7-10,12-13H2,1H3. The lowest BCUT2D eigenvalue weighted by Gasteiger charge is -2.41. The van der Waals surface area contributed by atoms with E-state index in [1.54, 1.807) is 29.0 Å². The number of nitrogens with zero attached hydrogens (tertiary/aromatic N) is 2. The third kappa shape index (κ3) is 4.60. The largest absolute Gasteiger partial charge is 0.468 e. The van der Waals surface area contributed by atoms with Crippen LogP contribution in [-0.4, -0.2) is 60.8 Å². The van der Waals surface area contributed by atoms with Gasteiger partial charge >= 0.3 is 0 Å². The van der Waals surface area contributed by atoms with Gasteiger partial charge in [-0.1, -0.05) is 17.7 Å². The van der Waals surface area contributed by atoms with Gasteiger partial charge in [-0.3, -0.25) is 9.69 Å². The molecule has 9 heteroatoms. The maximum Gasteiger partial charge on any atom is 0.253 e. The number of hydrogen-bond donors (Lipinski definition) is 1. The lowest BCUT2D eigenvalue weighted by molar-refractivity contribution is -0.0203. The van der Waals surface area contributed by atoms with Crippen LogP contribution in [0.2, 0.25) is 5.02 Å². The molecule has 0 aliphatic carbocycles. The summed E-state index contributed by atoms with van der Waals surface area (Å²) in [6.45, 7) is 0.964. The molecule has 1 amide bonds. The van der Waals surface area contributed by atoms with Gasteiger partial charge in [0.1, 0.15) is 11.5 Å². The van der Waals surface area contributed by atoms with Gasteiger partial charge in [-0.15, -0.1) is 0 Å². The van der Waals surface area contributed by atoms with Crippen LogP contribution >= 0.6 is 11.6 Å². The predicted molar refractivity (Wildman–Crippen MR) is 112 cm³/mol. The molecule has 0 aromatic heterocycles. The molecule has 1 unspecified atom stereocenters. The number of rotatable bonds is 4. The number of alkyl halides is 1.